The van der Waals surface area contributed by atoms with Gasteiger partial charge in [0.2, 0.25) is 5.91 Å². The number of amides is 1. The zero-order valence-electron chi connectivity index (χ0n) is 20.7. The Bertz CT molecular complexity index is 1270. The molecular formula is C28H30ClN3O4. The average Bonchev–Trinajstić information content (AvgIpc) is 2.92. The number of carbonyl (C=O) groups excluding carboxylic acids is 1. The van der Waals surface area contributed by atoms with Gasteiger partial charge in [-0.25, -0.2) is 0 Å². The third-order valence-corrected chi connectivity index (χ3v) is 7.33. The fourth-order valence-corrected chi connectivity index (χ4v) is 5.50. The number of halogens is 1. The molecule has 1 N–H and O–H groups in total. The van der Waals surface area contributed by atoms with Gasteiger partial charge in [0.1, 0.15) is 5.75 Å². The molecule has 2 aliphatic rings. The van der Waals surface area contributed by atoms with Gasteiger partial charge in [0.25, 0.3) is 0 Å². The van der Waals surface area contributed by atoms with Crippen LogP contribution in [-0.4, -0.2) is 52.9 Å². The minimum Gasteiger partial charge on any atom is -0.495 e. The molecule has 0 spiro atoms. The lowest BCUT2D eigenvalue weighted by molar-refractivity contribution is -0.120. The summed E-state index contributed by atoms with van der Waals surface area (Å²) < 4.78 is 16.4. The second kappa shape index (κ2) is 10.2. The number of fused-ring (bicyclic) bond motifs is 3. The van der Waals surface area contributed by atoms with Crippen molar-refractivity contribution in [3.63, 3.8) is 0 Å². The fourth-order valence-electron chi connectivity index (χ4n) is 5.34. The van der Waals surface area contributed by atoms with Gasteiger partial charge in [0.15, 0.2) is 11.5 Å². The Balaban J connectivity index is 1.45. The van der Waals surface area contributed by atoms with Crippen LogP contribution in [0.2, 0.25) is 5.02 Å². The number of rotatable bonds is 6. The van der Waals surface area contributed by atoms with Crippen molar-refractivity contribution in [2.75, 3.05) is 56.1 Å². The van der Waals surface area contributed by atoms with E-state index in [1.165, 1.54) is 11.3 Å². The Hall–Kier alpha value is -3.58. The zero-order valence-corrected chi connectivity index (χ0v) is 21.4. The maximum Gasteiger partial charge on any atom is 0.229 e. The van der Waals surface area contributed by atoms with Gasteiger partial charge in [-0.1, -0.05) is 29.8 Å². The molecule has 188 valence electrons. The average molecular weight is 508 g/mol. The van der Waals surface area contributed by atoms with Crippen molar-refractivity contribution in [2.45, 2.75) is 12.5 Å². The highest BCUT2D eigenvalue weighted by Crippen LogP contribution is 2.40. The zero-order chi connectivity index (χ0) is 25.2. The molecule has 0 aliphatic carbocycles. The molecule has 1 fully saturated rings. The first kappa shape index (κ1) is 24.1. The van der Waals surface area contributed by atoms with E-state index in [9.17, 15) is 4.79 Å². The van der Waals surface area contributed by atoms with Gasteiger partial charge < -0.3 is 29.3 Å². The van der Waals surface area contributed by atoms with E-state index in [2.05, 4.69) is 33.3 Å². The Morgan fingerprint density at radius 2 is 1.64 bits per heavy atom. The van der Waals surface area contributed by atoms with Crippen LogP contribution in [0.5, 0.6) is 17.2 Å². The van der Waals surface area contributed by atoms with Crippen molar-refractivity contribution in [1.82, 2.24) is 0 Å². The molecule has 0 bridgehead atoms. The number of benzene rings is 3. The quantitative estimate of drug-likeness (QED) is 0.513. The summed E-state index contributed by atoms with van der Waals surface area (Å²) in [6, 6.07) is 19.4. The van der Waals surface area contributed by atoms with Crippen molar-refractivity contribution in [3.05, 3.63) is 71.2 Å². The minimum absolute atomic E-state index is 0.0162. The van der Waals surface area contributed by atoms with Crippen LogP contribution in [0.25, 0.3) is 0 Å². The molecule has 2 heterocycles. The molecule has 2 unspecified atom stereocenters. The molecule has 2 aliphatic heterocycles. The monoisotopic (exact) mass is 507 g/mol. The summed E-state index contributed by atoms with van der Waals surface area (Å²) in [5, 5.41) is 3.78. The molecule has 1 saturated heterocycles. The maximum absolute atomic E-state index is 13.7. The topological polar surface area (TPSA) is 63.3 Å². The Morgan fingerprint density at radius 1 is 0.889 bits per heavy atom. The lowest BCUT2D eigenvalue weighted by atomic mass is 9.83. The summed E-state index contributed by atoms with van der Waals surface area (Å²) in [7, 11) is 4.84. The Kier molecular flexibility index (Phi) is 6.83. The van der Waals surface area contributed by atoms with Crippen LogP contribution < -0.4 is 29.3 Å². The minimum atomic E-state index is -0.249. The molecule has 7 nitrogen and oxygen atoms in total. The van der Waals surface area contributed by atoms with E-state index in [4.69, 9.17) is 25.8 Å². The third kappa shape index (κ3) is 4.51. The summed E-state index contributed by atoms with van der Waals surface area (Å²) >= 11 is 6.34. The molecule has 0 saturated carbocycles. The van der Waals surface area contributed by atoms with Crippen LogP contribution in [0.15, 0.2) is 60.7 Å². The molecule has 8 heteroatoms. The Morgan fingerprint density at radius 3 is 2.42 bits per heavy atom. The van der Waals surface area contributed by atoms with Gasteiger partial charge in [-0.3, -0.25) is 4.79 Å². The van der Waals surface area contributed by atoms with Crippen molar-refractivity contribution in [3.8, 4) is 17.2 Å². The predicted molar refractivity (Wildman–Crippen MR) is 143 cm³/mol. The first-order chi connectivity index (χ1) is 17.5. The summed E-state index contributed by atoms with van der Waals surface area (Å²) in [5.41, 5.74) is 4.01. The van der Waals surface area contributed by atoms with E-state index in [1.807, 2.05) is 30.3 Å². The molecule has 1 amide bonds. The van der Waals surface area contributed by atoms with Crippen LogP contribution in [-0.2, 0) is 11.2 Å². The number of methoxy groups -OCH3 is 3. The first-order valence-corrected chi connectivity index (χ1v) is 12.4. The fraction of sp³-hybridized carbons (Fsp3) is 0.321. The Labute approximate surface area is 216 Å². The van der Waals surface area contributed by atoms with Gasteiger partial charge >= 0.3 is 0 Å². The number of piperazine rings is 1. The van der Waals surface area contributed by atoms with E-state index in [-0.39, 0.29) is 17.9 Å². The second-order valence-corrected chi connectivity index (χ2v) is 9.46. The molecule has 3 aromatic carbocycles. The number of carbonyl (C=O) groups is 1. The van der Waals surface area contributed by atoms with Crippen LogP contribution in [0.1, 0.15) is 5.56 Å². The molecule has 3 aromatic rings. The molecular weight excluding hydrogens is 478 g/mol. The van der Waals surface area contributed by atoms with Gasteiger partial charge in [-0.05, 0) is 48.4 Å². The van der Waals surface area contributed by atoms with Gasteiger partial charge in [0, 0.05) is 42.1 Å². The van der Waals surface area contributed by atoms with E-state index in [0.29, 0.717) is 35.2 Å². The normalized spacial score (nSPS) is 18.7. The lowest BCUT2D eigenvalue weighted by Crippen LogP contribution is -2.60. The molecule has 0 radical (unpaired) electrons. The number of hydrogen-bond donors (Lipinski definition) is 1. The summed E-state index contributed by atoms with van der Waals surface area (Å²) in [6.45, 7) is 2.26. The van der Waals surface area contributed by atoms with Crippen molar-refractivity contribution >= 4 is 34.6 Å². The van der Waals surface area contributed by atoms with Crippen LogP contribution in [0.3, 0.4) is 0 Å². The highest BCUT2D eigenvalue weighted by molar-refractivity contribution is 6.31. The highest BCUT2D eigenvalue weighted by Gasteiger charge is 2.42. The second-order valence-electron chi connectivity index (χ2n) is 9.02. The van der Waals surface area contributed by atoms with Gasteiger partial charge in [-0.2, -0.15) is 0 Å². The van der Waals surface area contributed by atoms with E-state index >= 15 is 0 Å². The first-order valence-electron chi connectivity index (χ1n) is 12.0. The number of para-hydroxylation sites is 1. The lowest BCUT2D eigenvalue weighted by Gasteiger charge is -2.49. The number of anilines is 3. The smallest absolute Gasteiger partial charge is 0.229 e. The SMILES string of the molecule is COc1ccc(NC(=O)C2Cc3ccccc3N3CCN(c4cc(Cl)ccc4OC)CC23)cc1OC. The van der Waals surface area contributed by atoms with E-state index in [0.717, 1.165) is 24.5 Å². The summed E-state index contributed by atoms with van der Waals surface area (Å²) in [5.74, 6) is 1.69. The molecule has 36 heavy (non-hydrogen) atoms. The van der Waals surface area contributed by atoms with Crippen molar-refractivity contribution in [1.29, 1.82) is 0 Å². The van der Waals surface area contributed by atoms with Crippen LogP contribution >= 0.6 is 11.6 Å². The van der Waals surface area contributed by atoms with Crippen LogP contribution in [0.4, 0.5) is 17.1 Å². The van der Waals surface area contributed by atoms with E-state index in [1.54, 1.807) is 33.5 Å². The highest BCUT2D eigenvalue weighted by atomic mass is 35.5. The third-order valence-electron chi connectivity index (χ3n) is 7.09. The van der Waals surface area contributed by atoms with Crippen LogP contribution in [0, 0.1) is 5.92 Å². The molecule has 2 atom stereocenters. The molecule has 0 aromatic heterocycles. The standard InChI is InChI=1S/C28H30ClN3O4/c1-34-25-10-8-19(29)15-23(25)31-12-13-32-22-7-5-4-6-18(22)14-21(24(32)17-31)28(33)30-20-9-11-26(35-2)27(16-20)36-3/h4-11,15-16,21,24H,12-14,17H2,1-3H3,(H,30,33). The molecule has 5 rings (SSSR count). The van der Waals surface area contributed by atoms with Crippen molar-refractivity contribution < 1.29 is 19.0 Å². The van der Waals surface area contributed by atoms with Gasteiger partial charge in [0.05, 0.1) is 39.0 Å². The number of hydrogen-bond acceptors (Lipinski definition) is 6. The summed E-state index contributed by atoms with van der Waals surface area (Å²) in [6.07, 6.45) is 0.664. The predicted octanol–water partition coefficient (Wildman–Crippen LogP) is 4.87. The number of ether oxygens (including phenoxy) is 3. The number of nitrogens with one attached hydrogen (secondary N) is 1. The van der Waals surface area contributed by atoms with Crippen molar-refractivity contribution in [2.24, 2.45) is 5.92 Å². The van der Waals surface area contributed by atoms with E-state index < -0.39 is 0 Å². The summed E-state index contributed by atoms with van der Waals surface area (Å²) in [4.78, 5) is 18.4. The number of nitrogens with zero attached hydrogens (tertiary/aromatic N) is 2. The largest absolute Gasteiger partial charge is 0.495 e. The maximum atomic E-state index is 13.7. The van der Waals surface area contributed by atoms with Gasteiger partial charge in [-0.15, -0.1) is 0 Å².